The van der Waals surface area contributed by atoms with Crippen LogP contribution < -0.4 is 19.9 Å². The first-order valence-electron chi connectivity index (χ1n) is 5.37. The van der Waals surface area contributed by atoms with Crippen LogP contribution >= 0.6 is 15.9 Å². The molecule has 4 nitrogen and oxygen atoms in total. The molecule has 0 aliphatic rings. The van der Waals surface area contributed by atoms with Crippen LogP contribution in [0.2, 0.25) is 0 Å². The molecule has 0 amide bonds. The molecule has 0 bridgehead atoms. The summed E-state index contributed by atoms with van der Waals surface area (Å²) in [7, 11) is 4.85. The fraction of sp³-hybridized carbons (Fsp3) is 0.500. The molecular formula is C12H18BrNO3. The van der Waals surface area contributed by atoms with E-state index in [4.69, 9.17) is 19.9 Å². The third-order valence-electron chi connectivity index (χ3n) is 2.50. The Balaban J connectivity index is 3.24. The monoisotopic (exact) mass is 303 g/mol. The van der Waals surface area contributed by atoms with Crippen LogP contribution in [0.3, 0.4) is 0 Å². The van der Waals surface area contributed by atoms with E-state index >= 15 is 0 Å². The summed E-state index contributed by atoms with van der Waals surface area (Å²) in [6, 6.07) is 1.93. The van der Waals surface area contributed by atoms with Gasteiger partial charge in [0.15, 0.2) is 11.5 Å². The first-order valence-corrected chi connectivity index (χ1v) is 6.16. The minimum absolute atomic E-state index is 0.640. The summed E-state index contributed by atoms with van der Waals surface area (Å²) >= 11 is 3.47. The van der Waals surface area contributed by atoms with Crippen LogP contribution in [0.15, 0.2) is 10.5 Å². The Hall–Kier alpha value is -0.940. The van der Waals surface area contributed by atoms with Gasteiger partial charge in [0, 0.05) is 0 Å². The molecular weight excluding hydrogens is 286 g/mol. The van der Waals surface area contributed by atoms with Gasteiger partial charge in [-0.2, -0.15) is 0 Å². The van der Waals surface area contributed by atoms with Crippen LogP contribution in [0.5, 0.6) is 17.2 Å². The van der Waals surface area contributed by atoms with Crippen molar-refractivity contribution < 1.29 is 14.2 Å². The second-order valence-corrected chi connectivity index (χ2v) is 4.30. The number of halogens is 1. The molecule has 17 heavy (non-hydrogen) atoms. The van der Waals surface area contributed by atoms with Gasteiger partial charge in [0.2, 0.25) is 0 Å². The summed E-state index contributed by atoms with van der Waals surface area (Å²) in [5.74, 6) is 2.10. The molecule has 0 aliphatic heterocycles. The van der Waals surface area contributed by atoms with E-state index < -0.39 is 0 Å². The van der Waals surface area contributed by atoms with E-state index in [1.54, 1.807) is 21.3 Å². The fourth-order valence-electron chi connectivity index (χ4n) is 1.68. The zero-order chi connectivity index (χ0) is 12.8. The fourth-order valence-corrected chi connectivity index (χ4v) is 2.46. The molecule has 5 heteroatoms. The smallest absolute Gasteiger partial charge is 0.178 e. The molecule has 1 aromatic rings. The number of rotatable bonds is 6. The largest absolute Gasteiger partial charge is 0.495 e. The molecule has 0 unspecified atom stereocenters. The van der Waals surface area contributed by atoms with E-state index in [0.717, 1.165) is 28.6 Å². The van der Waals surface area contributed by atoms with Crippen molar-refractivity contribution in [1.29, 1.82) is 0 Å². The predicted octanol–water partition coefficient (Wildman–Crippen LogP) is 2.37. The standard InChI is InChI=1S/C12H18BrNO3/c1-15-9-7-8(5-4-6-14)11(16-2)10(13)12(9)17-3/h7H,4-6,14H2,1-3H3. The van der Waals surface area contributed by atoms with Crippen molar-refractivity contribution in [2.24, 2.45) is 5.73 Å². The summed E-state index contributed by atoms with van der Waals surface area (Å²) < 4.78 is 16.8. The second-order valence-electron chi connectivity index (χ2n) is 3.51. The third kappa shape index (κ3) is 3.04. The van der Waals surface area contributed by atoms with Crippen LogP contribution in [-0.2, 0) is 6.42 Å². The van der Waals surface area contributed by atoms with Crippen molar-refractivity contribution in [1.82, 2.24) is 0 Å². The minimum atomic E-state index is 0.640. The number of hydrogen-bond acceptors (Lipinski definition) is 4. The van der Waals surface area contributed by atoms with Gasteiger partial charge in [0.25, 0.3) is 0 Å². The van der Waals surface area contributed by atoms with Crippen LogP contribution in [-0.4, -0.2) is 27.9 Å². The third-order valence-corrected chi connectivity index (χ3v) is 3.22. The molecule has 0 heterocycles. The first kappa shape index (κ1) is 14.1. The van der Waals surface area contributed by atoms with Crippen molar-refractivity contribution >= 4 is 15.9 Å². The quantitative estimate of drug-likeness (QED) is 0.876. The van der Waals surface area contributed by atoms with Gasteiger partial charge in [0.1, 0.15) is 10.2 Å². The molecule has 0 saturated heterocycles. The summed E-state index contributed by atoms with van der Waals surface area (Å²) in [5, 5.41) is 0. The zero-order valence-corrected chi connectivity index (χ0v) is 12.0. The number of aryl methyl sites for hydroxylation is 1. The molecule has 2 N–H and O–H groups in total. The van der Waals surface area contributed by atoms with Crippen LogP contribution in [0.1, 0.15) is 12.0 Å². The highest BCUT2D eigenvalue weighted by molar-refractivity contribution is 9.10. The maximum Gasteiger partial charge on any atom is 0.178 e. The maximum atomic E-state index is 5.52. The summed E-state index contributed by atoms with van der Waals surface area (Å²) in [5.41, 5.74) is 6.58. The lowest BCUT2D eigenvalue weighted by molar-refractivity contribution is 0.344. The highest BCUT2D eigenvalue weighted by atomic mass is 79.9. The van der Waals surface area contributed by atoms with Gasteiger partial charge in [-0.1, -0.05) is 0 Å². The SMILES string of the molecule is COc1cc(CCCN)c(OC)c(Br)c1OC. The summed E-state index contributed by atoms with van der Waals surface area (Å²) in [6.45, 7) is 0.648. The summed E-state index contributed by atoms with van der Waals surface area (Å²) in [6.07, 6.45) is 1.75. The second kappa shape index (κ2) is 6.71. The Labute approximate surface area is 110 Å². The Morgan fingerprint density at radius 2 is 1.76 bits per heavy atom. The molecule has 0 spiro atoms. The van der Waals surface area contributed by atoms with Gasteiger partial charge in [0.05, 0.1) is 21.3 Å². The van der Waals surface area contributed by atoms with Crippen LogP contribution in [0, 0.1) is 0 Å². The number of benzene rings is 1. The van der Waals surface area contributed by atoms with E-state index in [1.165, 1.54) is 0 Å². The Morgan fingerprint density at radius 3 is 2.24 bits per heavy atom. The Bertz CT molecular complexity index is 383. The molecule has 96 valence electrons. The van der Waals surface area contributed by atoms with E-state index in [0.29, 0.717) is 18.0 Å². The van der Waals surface area contributed by atoms with Gasteiger partial charge in [-0.15, -0.1) is 0 Å². The Morgan fingerprint density at radius 1 is 1.12 bits per heavy atom. The van der Waals surface area contributed by atoms with Gasteiger partial charge < -0.3 is 19.9 Å². The van der Waals surface area contributed by atoms with Gasteiger partial charge in [-0.25, -0.2) is 0 Å². The van der Waals surface area contributed by atoms with Gasteiger partial charge in [-0.05, 0) is 46.9 Å². The van der Waals surface area contributed by atoms with E-state index in [9.17, 15) is 0 Å². The molecule has 1 rings (SSSR count). The predicted molar refractivity (Wildman–Crippen MR) is 71.2 cm³/mol. The molecule has 1 aromatic carbocycles. The number of methoxy groups -OCH3 is 3. The van der Waals surface area contributed by atoms with E-state index in [2.05, 4.69) is 15.9 Å². The average molecular weight is 304 g/mol. The van der Waals surface area contributed by atoms with E-state index in [-0.39, 0.29) is 0 Å². The lowest BCUT2D eigenvalue weighted by Crippen LogP contribution is -2.03. The maximum absolute atomic E-state index is 5.52. The average Bonchev–Trinajstić information content (AvgIpc) is 2.35. The number of ether oxygens (including phenoxy) is 3. The normalized spacial score (nSPS) is 10.2. The number of nitrogens with two attached hydrogens (primary N) is 1. The molecule has 0 fully saturated rings. The van der Waals surface area contributed by atoms with Gasteiger partial charge >= 0.3 is 0 Å². The van der Waals surface area contributed by atoms with Crippen molar-refractivity contribution in [3.05, 3.63) is 16.1 Å². The van der Waals surface area contributed by atoms with Gasteiger partial charge in [-0.3, -0.25) is 0 Å². The first-order chi connectivity index (χ1) is 8.19. The molecule has 0 saturated carbocycles. The lowest BCUT2D eigenvalue weighted by Gasteiger charge is -2.16. The summed E-state index contributed by atoms with van der Waals surface area (Å²) in [4.78, 5) is 0. The molecule has 0 radical (unpaired) electrons. The minimum Gasteiger partial charge on any atom is -0.495 e. The van der Waals surface area contributed by atoms with Crippen molar-refractivity contribution in [2.75, 3.05) is 27.9 Å². The zero-order valence-electron chi connectivity index (χ0n) is 10.4. The lowest BCUT2D eigenvalue weighted by atomic mass is 10.1. The van der Waals surface area contributed by atoms with E-state index in [1.807, 2.05) is 6.07 Å². The topological polar surface area (TPSA) is 53.7 Å². The number of hydrogen-bond donors (Lipinski definition) is 1. The highest BCUT2D eigenvalue weighted by Crippen LogP contribution is 2.44. The van der Waals surface area contributed by atoms with Crippen molar-refractivity contribution in [3.8, 4) is 17.2 Å². The molecule has 0 aliphatic carbocycles. The van der Waals surface area contributed by atoms with Crippen molar-refractivity contribution in [3.63, 3.8) is 0 Å². The van der Waals surface area contributed by atoms with Crippen LogP contribution in [0.4, 0.5) is 0 Å². The van der Waals surface area contributed by atoms with Crippen molar-refractivity contribution in [2.45, 2.75) is 12.8 Å². The molecule has 0 atom stereocenters. The Kier molecular flexibility index (Phi) is 5.58. The molecule has 0 aromatic heterocycles. The highest BCUT2D eigenvalue weighted by Gasteiger charge is 2.18. The van der Waals surface area contributed by atoms with Crippen LogP contribution in [0.25, 0.3) is 0 Å².